The van der Waals surface area contributed by atoms with Crippen LogP contribution in [0.4, 0.5) is 0 Å². The molecule has 0 bridgehead atoms. The zero-order valence-corrected chi connectivity index (χ0v) is 9.99. The average Bonchev–Trinajstić information content (AvgIpc) is 2.51. The highest BCUT2D eigenvalue weighted by Crippen LogP contribution is 2.23. The van der Waals surface area contributed by atoms with E-state index in [4.69, 9.17) is 0 Å². The van der Waals surface area contributed by atoms with Crippen molar-refractivity contribution in [2.24, 2.45) is 0 Å². The van der Waals surface area contributed by atoms with Crippen LogP contribution in [0.1, 0.15) is 20.3 Å². The van der Waals surface area contributed by atoms with E-state index < -0.39 is 10.0 Å². The number of hydrogen-bond acceptors (Lipinski definition) is 3. The molecule has 78 valence electrons. The molecule has 1 aliphatic rings. The van der Waals surface area contributed by atoms with Crippen molar-refractivity contribution in [1.29, 1.82) is 0 Å². The van der Waals surface area contributed by atoms with E-state index in [2.05, 4.69) is 0 Å². The minimum absolute atomic E-state index is 0.284. The van der Waals surface area contributed by atoms with Gasteiger partial charge in [-0.3, -0.25) is 0 Å². The monoisotopic (exact) mass is 223 g/mol. The van der Waals surface area contributed by atoms with Gasteiger partial charge in [-0.2, -0.15) is 11.8 Å². The highest BCUT2D eigenvalue weighted by molar-refractivity contribution is 7.99. The molecule has 0 aromatic heterocycles. The summed E-state index contributed by atoms with van der Waals surface area (Å²) < 4.78 is 25.0. The molecule has 1 aliphatic heterocycles. The molecule has 13 heavy (non-hydrogen) atoms. The second-order valence-corrected chi connectivity index (χ2v) is 7.23. The van der Waals surface area contributed by atoms with Gasteiger partial charge < -0.3 is 0 Å². The third-order valence-corrected chi connectivity index (χ3v) is 5.69. The van der Waals surface area contributed by atoms with Crippen LogP contribution in [0.15, 0.2) is 0 Å². The van der Waals surface area contributed by atoms with Crippen molar-refractivity contribution >= 4 is 21.8 Å². The number of nitrogens with zero attached hydrogens (tertiary/aromatic N) is 1. The third-order valence-electron chi connectivity index (χ3n) is 2.40. The number of sulfonamides is 1. The standard InChI is InChI=1S/C8H17NO2S2/c1-7(2)13(10,11)9-5-4-8(6-9)12-3/h7-8H,4-6H2,1-3H3. The Kier molecular flexibility index (Phi) is 3.65. The SMILES string of the molecule is CSC1CCN(S(=O)(=O)C(C)C)C1. The lowest BCUT2D eigenvalue weighted by Crippen LogP contribution is -2.34. The van der Waals surface area contributed by atoms with E-state index in [1.54, 1.807) is 29.9 Å². The van der Waals surface area contributed by atoms with Crippen LogP contribution in [-0.4, -0.2) is 42.6 Å². The van der Waals surface area contributed by atoms with Gasteiger partial charge in [0.2, 0.25) is 10.0 Å². The van der Waals surface area contributed by atoms with Gasteiger partial charge in [-0.1, -0.05) is 0 Å². The van der Waals surface area contributed by atoms with Crippen molar-refractivity contribution < 1.29 is 8.42 Å². The molecule has 3 nitrogen and oxygen atoms in total. The molecule has 1 saturated heterocycles. The number of hydrogen-bond donors (Lipinski definition) is 0. The van der Waals surface area contributed by atoms with Crippen LogP contribution in [0.5, 0.6) is 0 Å². The van der Waals surface area contributed by atoms with Gasteiger partial charge in [-0.05, 0) is 26.5 Å². The van der Waals surface area contributed by atoms with Gasteiger partial charge in [-0.15, -0.1) is 0 Å². The highest BCUT2D eigenvalue weighted by Gasteiger charge is 2.32. The van der Waals surface area contributed by atoms with E-state index in [1.807, 2.05) is 6.26 Å². The van der Waals surface area contributed by atoms with Crippen molar-refractivity contribution in [1.82, 2.24) is 4.31 Å². The fraction of sp³-hybridized carbons (Fsp3) is 1.00. The maximum atomic E-state index is 11.7. The first-order chi connectivity index (χ1) is 5.98. The topological polar surface area (TPSA) is 37.4 Å². The summed E-state index contributed by atoms with van der Waals surface area (Å²) in [5.74, 6) is 0. The second kappa shape index (κ2) is 4.19. The first-order valence-corrected chi connectivity index (χ1v) is 7.29. The predicted octanol–water partition coefficient (Wildman–Crippen LogP) is 1.16. The Hall–Kier alpha value is 0.260. The van der Waals surface area contributed by atoms with Gasteiger partial charge in [0, 0.05) is 18.3 Å². The molecule has 0 radical (unpaired) electrons. The molecular weight excluding hydrogens is 206 g/mol. The molecule has 1 fully saturated rings. The Morgan fingerprint density at radius 2 is 2.08 bits per heavy atom. The van der Waals surface area contributed by atoms with E-state index in [1.165, 1.54) is 0 Å². The molecule has 1 unspecified atom stereocenters. The molecular formula is C8H17NO2S2. The molecule has 0 saturated carbocycles. The van der Waals surface area contributed by atoms with Gasteiger partial charge in [0.05, 0.1) is 5.25 Å². The highest BCUT2D eigenvalue weighted by atomic mass is 32.2. The second-order valence-electron chi connectivity index (χ2n) is 3.60. The van der Waals surface area contributed by atoms with Gasteiger partial charge >= 0.3 is 0 Å². The summed E-state index contributed by atoms with van der Waals surface area (Å²) in [4.78, 5) is 0. The molecule has 1 heterocycles. The van der Waals surface area contributed by atoms with E-state index in [0.29, 0.717) is 18.3 Å². The van der Waals surface area contributed by atoms with Crippen LogP contribution < -0.4 is 0 Å². The Morgan fingerprint density at radius 3 is 2.46 bits per heavy atom. The van der Waals surface area contributed by atoms with Crippen molar-refractivity contribution in [3.63, 3.8) is 0 Å². The van der Waals surface area contributed by atoms with Gasteiger partial charge in [0.15, 0.2) is 0 Å². The van der Waals surface area contributed by atoms with Crippen LogP contribution >= 0.6 is 11.8 Å². The summed E-state index contributed by atoms with van der Waals surface area (Å²) in [6.07, 6.45) is 3.03. The molecule has 0 spiro atoms. The Labute approximate surface area is 84.9 Å². The van der Waals surface area contributed by atoms with Gasteiger partial charge in [0.25, 0.3) is 0 Å². The lowest BCUT2D eigenvalue weighted by molar-refractivity contribution is 0.470. The molecule has 5 heteroatoms. The quantitative estimate of drug-likeness (QED) is 0.720. The van der Waals surface area contributed by atoms with Crippen molar-refractivity contribution in [2.45, 2.75) is 30.8 Å². The number of thioether (sulfide) groups is 1. The van der Waals surface area contributed by atoms with E-state index >= 15 is 0 Å². The van der Waals surface area contributed by atoms with Crippen LogP contribution in [0, 0.1) is 0 Å². The molecule has 1 rings (SSSR count). The molecule has 1 atom stereocenters. The minimum atomic E-state index is -3.00. The summed E-state index contributed by atoms with van der Waals surface area (Å²) in [6, 6.07) is 0. The van der Waals surface area contributed by atoms with Gasteiger partial charge in [-0.25, -0.2) is 12.7 Å². The minimum Gasteiger partial charge on any atom is -0.212 e. The molecule has 0 aromatic carbocycles. The van der Waals surface area contributed by atoms with Crippen molar-refractivity contribution in [3.8, 4) is 0 Å². The van der Waals surface area contributed by atoms with Crippen LogP contribution in [-0.2, 0) is 10.0 Å². The van der Waals surface area contributed by atoms with E-state index in [-0.39, 0.29) is 5.25 Å². The Bertz CT molecular complexity index is 261. The van der Waals surface area contributed by atoms with E-state index in [0.717, 1.165) is 6.42 Å². The normalized spacial score (nSPS) is 25.7. The average molecular weight is 223 g/mol. The van der Waals surface area contributed by atoms with Crippen LogP contribution in [0.2, 0.25) is 0 Å². The Morgan fingerprint density at radius 1 is 1.46 bits per heavy atom. The third kappa shape index (κ3) is 2.39. The first kappa shape index (κ1) is 11.3. The summed E-state index contributed by atoms with van der Waals surface area (Å²) >= 11 is 1.76. The predicted molar refractivity (Wildman–Crippen MR) is 57.5 cm³/mol. The molecule has 0 aromatic rings. The zero-order valence-electron chi connectivity index (χ0n) is 8.36. The maximum Gasteiger partial charge on any atom is 0.216 e. The Balaban J connectivity index is 2.66. The summed E-state index contributed by atoms with van der Waals surface area (Å²) in [5.41, 5.74) is 0. The van der Waals surface area contributed by atoms with Crippen LogP contribution in [0.25, 0.3) is 0 Å². The maximum absolute atomic E-state index is 11.7. The van der Waals surface area contributed by atoms with Crippen LogP contribution in [0.3, 0.4) is 0 Å². The fourth-order valence-corrected chi connectivity index (χ4v) is 3.53. The molecule has 0 amide bonds. The van der Waals surface area contributed by atoms with E-state index in [9.17, 15) is 8.42 Å². The lowest BCUT2D eigenvalue weighted by atomic mass is 10.4. The van der Waals surface area contributed by atoms with Crippen molar-refractivity contribution in [2.75, 3.05) is 19.3 Å². The smallest absolute Gasteiger partial charge is 0.212 e. The van der Waals surface area contributed by atoms with Crippen molar-refractivity contribution in [3.05, 3.63) is 0 Å². The summed E-state index contributed by atoms with van der Waals surface area (Å²) in [6.45, 7) is 4.87. The van der Waals surface area contributed by atoms with Gasteiger partial charge in [0.1, 0.15) is 0 Å². The summed E-state index contributed by atoms with van der Waals surface area (Å²) in [7, 11) is -3.00. The first-order valence-electron chi connectivity index (χ1n) is 4.50. The fourth-order valence-electron chi connectivity index (χ4n) is 1.42. The summed E-state index contributed by atoms with van der Waals surface area (Å²) in [5, 5.41) is 0.210. The zero-order chi connectivity index (χ0) is 10.1. The largest absolute Gasteiger partial charge is 0.216 e. The number of rotatable bonds is 3. The lowest BCUT2D eigenvalue weighted by Gasteiger charge is -2.18. The molecule has 0 N–H and O–H groups in total. The molecule has 0 aliphatic carbocycles.